The van der Waals surface area contributed by atoms with Crippen LogP contribution in [-0.2, 0) is 4.79 Å². The van der Waals surface area contributed by atoms with E-state index in [0.717, 1.165) is 32.5 Å². The Hall–Kier alpha value is -0.890. The van der Waals surface area contributed by atoms with E-state index in [1.165, 1.54) is 19.1 Å². The fourth-order valence-electron chi connectivity index (χ4n) is 3.00. The molecule has 0 N–H and O–H groups in total. The number of aldehydes is 1. The number of carbonyl (C=O) groups excluding carboxylic acids is 1. The van der Waals surface area contributed by atoms with Gasteiger partial charge in [0, 0.05) is 25.0 Å². The molecule has 0 aromatic heterocycles. The summed E-state index contributed by atoms with van der Waals surface area (Å²) in [5.74, 6) is 0.670. The van der Waals surface area contributed by atoms with E-state index in [9.17, 15) is 4.79 Å². The first-order valence-corrected chi connectivity index (χ1v) is 6.56. The van der Waals surface area contributed by atoms with Crippen LogP contribution < -0.4 is 0 Å². The highest BCUT2D eigenvalue weighted by Crippen LogP contribution is 2.38. The topological polar surface area (TPSA) is 20.3 Å². The van der Waals surface area contributed by atoms with Crippen molar-refractivity contribution in [3.63, 3.8) is 0 Å². The predicted octanol–water partition coefficient (Wildman–Crippen LogP) is 3.06. The summed E-state index contributed by atoms with van der Waals surface area (Å²) in [5, 5.41) is 0. The molecule has 0 saturated heterocycles. The van der Waals surface area contributed by atoms with E-state index < -0.39 is 0 Å². The third kappa shape index (κ3) is 4.12. The van der Waals surface area contributed by atoms with Gasteiger partial charge in [0.25, 0.3) is 0 Å². The van der Waals surface area contributed by atoms with Crippen LogP contribution in [-0.4, -0.2) is 30.8 Å². The Kier molecular flexibility index (Phi) is 5.63. The molecule has 0 aromatic carbocycles. The fraction of sp³-hybridized carbons (Fsp3) is 0.667. The molecule has 2 unspecified atom stereocenters. The first kappa shape index (κ1) is 14.2. The lowest BCUT2D eigenvalue weighted by atomic mass is 9.70. The summed E-state index contributed by atoms with van der Waals surface area (Å²) >= 11 is 0. The first-order valence-electron chi connectivity index (χ1n) is 6.56. The van der Waals surface area contributed by atoms with Crippen molar-refractivity contribution < 1.29 is 4.79 Å². The molecule has 1 aliphatic rings. The van der Waals surface area contributed by atoms with Crippen LogP contribution >= 0.6 is 0 Å². The zero-order valence-corrected chi connectivity index (χ0v) is 11.0. The van der Waals surface area contributed by atoms with Gasteiger partial charge in [-0.3, -0.25) is 4.90 Å². The van der Waals surface area contributed by atoms with Gasteiger partial charge in [0.15, 0.2) is 0 Å². The number of rotatable bonds is 7. The molecular weight excluding hydrogens is 210 g/mol. The Morgan fingerprint density at radius 2 is 2.00 bits per heavy atom. The van der Waals surface area contributed by atoms with Crippen molar-refractivity contribution in [3.05, 3.63) is 25.3 Å². The minimum Gasteiger partial charge on any atom is -0.303 e. The van der Waals surface area contributed by atoms with Gasteiger partial charge in [0.05, 0.1) is 0 Å². The molecule has 1 saturated carbocycles. The zero-order chi connectivity index (χ0) is 12.7. The molecule has 1 aliphatic carbocycles. The second-order valence-electron chi connectivity index (χ2n) is 5.45. The van der Waals surface area contributed by atoms with Crippen molar-refractivity contribution in [3.8, 4) is 0 Å². The Balaban J connectivity index is 2.67. The van der Waals surface area contributed by atoms with E-state index in [-0.39, 0.29) is 5.41 Å². The highest BCUT2D eigenvalue weighted by Gasteiger charge is 2.35. The Bertz CT molecular complexity index is 264. The molecule has 0 bridgehead atoms. The lowest BCUT2D eigenvalue weighted by molar-refractivity contribution is -0.119. The van der Waals surface area contributed by atoms with Crippen molar-refractivity contribution in [1.29, 1.82) is 0 Å². The number of nitrogens with zero attached hydrogens (tertiary/aromatic N) is 1. The third-order valence-electron chi connectivity index (χ3n) is 3.69. The van der Waals surface area contributed by atoms with Crippen LogP contribution in [0.4, 0.5) is 0 Å². The van der Waals surface area contributed by atoms with Crippen LogP contribution in [0, 0.1) is 11.3 Å². The molecule has 0 aliphatic heterocycles. The predicted molar refractivity (Wildman–Crippen MR) is 73.0 cm³/mol. The van der Waals surface area contributed by atoms with Gasteiger partial charge >= 0.3 is 0 Å². The van der Waals surface area contributed by atoms with Gasteiger partial charge < -0.3 is 4.79 Å². The van der Waals surface area contributed by atoms with E-state index in [4.69, 9.17) is 0 Å². The highest BCUT2D eigenvalue weighted by atomic mass is 16.1. The van der Waals surface area contributed by atoms with E-state index in [1.54, 1.807) is 0 Å². The fourth-order valence-corrected chi connectivity index (χ4v) is 3.00. The van der Waals surface area contributed by atoms with Gasteiger partial charge in [0.1, 0.15) is 6.29 Å². The van der Waals surface area contributed by atoms with Crippen LogP contribution in [0.25, 0.3) is 0 Å². The highest BCUT2D eigenvalue weighted by molar-refractivity contribution is 5.60. The number of hydrogen-bond acceptors (Lipinski definition) is 2. The molecule has 2 heteroatoms. The smallest absolute Gasteiger partial charge is 0.127 e. The second-order valence-corrected chi connectivity index (χ2v) is 5.45. The summed E-state index contributed by atoms with van der Waals surface area (Å²) in [5.41, 5.74) is -0.135. The summed E-state index contributed by atoms with van der Waals surface area (Å²) in [6.07, 6.45) is 9.49. The summed E-state index contributed by atoms with van der Waals surface area (Å²) < 4.78 is 0. The van der Waals surface area contributed by atoms with Crippen LogP contribution in [0.2, 0.25) is 0 Å². The minimum absolute atomic E-state index is 0.135. The maximum Gasteiger partial charge on any atom is 0.127 e. The van der Waals surface area contributed by atoms with Gasteiger partial charge in [-0.2, -0.15) is 0 Å². The molecule has 0 aromatic rings. The normalized spacial score (nSPS) is 28.9. The summed E-state index contributed by atoms with van der Waals surface area (Å²) in [7, 11) is 0. The van der Waals surface area contributed by atoms with E-state index >= 15 is 0 Å². The van der Waals surface area contributed by atoms with Crippen LogP contribution in [0.3, 0.4) is 0 Å². The first-order chi connectivity index (χ1) is 8.15. The van der Waals surface area contributed by atoms with Crippen LogP contribution in [0.1, 0.15) is 32.6 Å². The van der Waals surface area contributed by atoms with Gasteiger partial charge in [-0.25, -0.2) is 0 Å². The molecule has 96 valence electrons. The molecule has 0 heterocycles. The SMILES string of the molecule is C=CCN(CC=C)CC1(C=O)CCCC(C)C1. The van der Waals surface area contributed by atoms with Crippen LogP contribution in [0.15, 0.2) is 25.3 Å². The van der Waals surface area contributed by atoms with Crippen molar-refractivity contribution in [1.82, 2.24) is 4.90 Å². The summed E-state index contributed by atoms with van der Waals surface area (Å²) in [6, 6.07) is 0. The maximum atomic E-state index is 11.5. The number of hydrogen-bond donors (Lipinski definition) is 0. The van der Waals surface area contributed by atoms with Crippen molar-refractivity contribution in [2.75, 3.05) is 19.6 Å². The van der Waals surface area contributed by atoms with Gasteiger partial charge in [-0.05, 0) is 18.8 Å². The molecule has 2 nitrogen and oxygen atoms in total. The molecule has 0 amide bonds. The average molecular weight is 235 g/mol. The van der Waals surface area contributed by atoms with Gasteiger partial charge in [0.2, 0.25) is 0 Å². The molecule has 0 radical (unpaired) electrons. The van der Waals surface area contributed by atoms with Crippen molar-refractivity contribution in [2.24, 2.45) is 11.3 Å². The number of carbonyl (C=O) groups is 1. The molecule has 17 heavy (non-hydrogen) atoms. The quantitative estimate of drug-likeness (QED) is 0.499. The molecule has 2 atom stereocenters. The van der Waals surface area contributed by atoms with Crippen LogP contribution in [0.5, 0.6) is 0 Å². The van der Waals surface area contributed by atoms with Crippen molar-refractivity contribution in [2.45, 2.75) is 32.6 Å². The zero-order valence-electron chi connectivity index (χ0n) is 11.0. The van der Waals surface area contributed by atoms with E-state index in [2.05, 4.69) is 25.0 Å². The summed E-state index contributed by atoms with van der Waals surface area (Å²) in [6.45, 7) is 12.3. The lowest BCUT2D eigenvalue weighted by Crippen LogP contribution is -2.42. The Labute approximate surface area is 105 Å². The van der Waals surface area contributed by atoms with Crippen molar-refractivity contribution >= 4 is 6.29 Å². The maximum absolute atomic E-state index is 11.5. The monoisotopic (exact) mass is 235 g/mol. The van der Waals surface area contributed by atoms with E-state index in [0.29, 0.717) is 5.92 Å². The molecular formula is C15H25NO. The largest absolute Gasteiger partial charge is 0.303 e. The second kappa shape index (κ2) is 6.75. The minimum atomic E-state index is -0.135. The molecule has 0 spiro atoms. The Morgan fingerprint density at radius 3 is 2.47 bits per heavy atom. The van der Waals surface area contributed by atoms with Gasteiger partial charge in [-0.15, -0.1) is 13.2 Å². The standard InChI is InChI=1S/C15H25NO/c1-4-9-16(10-5-2)12-15(13-17)8-6-7-14(3)11-15/h4-5,13-14H,1-2,6-12H2,3H3. The third-order valence-corrected chi connectivity index (χ3v) is 3.69. The van der Waals surface area contributed by atoms with E-state index in [1.807, 2.05) is 12.2 Å². The van der Waals surface area contributed by atoms with Gasteiger partial charge in [-0.1, -0.05) is 31.9 Å². The lowest BCUT2D eigenvalue weighted by Gasteiger charge is -2.39. The summed E-state index contributed by atoms with van der Waals surface area (Å²) in [4.78, 5) is 13.7. The average Bonchev–Trinajstić information content (AvgIpc) is 2.30. The molecule has 1 fully saturated rings. The Morgan fingerprint density at radius 1 is 1.35 bits per heavy atom. The molecule has 1 rings (SSSR count).